The molecule has 6 aromatic rings. The minimum atomic E-state index is 0.630. The predicted octanol–water partition coefficient (Wildman–Crippen LogP) is 12.8. The average Bonchev–Trinajstić information content (AvgIpc) is 3.84. The molecule has 0 nitrogen and oxygen atoms in total. The molecule has 0 heteroatoms. The molecule has 0 bridgehead atoms. The van der Waals surface area contributed by atoms with Crippen molar-refractivity contribution in [2.75, 3.05) is 0 Å². The van der Waals surface area contributed by atoms with Crippen LogP contribution in [0.15, 0.2) is 158 Å². The minimum Gasteiger partial charge on any atom is -0.0622 e. The Morgan fingerprint density at radius 2 is 0.587 bits per heavy atom. The highest BCUT2D eigenvalue weighted by Gasteiger charge is 2.28. The van der Waals surface area contributed by atoms with E-state index in [-0.39, 0.29) is 0 Å². The number of hydrogen-bond donors (Lipinski definition) is 0. The Morgan fingerprint density at radius 1 is 0.261 bits per heavy atom. The maximum Gasteiger partial charge on any atom is -0.0156 e. The first-order valence-corrected chi connectivity index (χ1v) is 17.3. The van der Waals surface area contributed by atoms with Gasteiger partial charge in [-0.1, -0.05) is 158 Å². The Hall–Kier alpha value is -4.68. The molecule has 2 aliphatic rings. The van der Waals surface area contributed by atoms with Gasteiger partial charge >= 0.3 is 0 Å². The number of hydrogen-bond acceptors (Lipinski definition) is 0. The highest BCUT2D eigenvalue weighted by Crippen LogP contribution is 2.46. The van der Waals surface area contributed by atoms with Gasteiger partial charge in [0.25, 0.3) is 0 Å². The molecule has 0 spiro atoms. The van der Waals surface area contributed by atoms with Crippen molar-refractivity contribution < 1.29 is 0 Å². The van der Waals surface area contributed by atoms with Gasteiger partial charge < -0.3 is 0 Å². The van der Waals surface area contributed by atoms with E-state index in [0.717, 1.165) is 0 Å². The van der Waals surface area contributed by atoms with Crippen molar-refractivity contribution in [2.45, 2.75) is 62.2 Å². The lowest BCUT2D eigenvalue weighted by Crippen LogP contribution is -1.97. The number of rotatable bonds is 7. The van der Waals surface area contributed by atoms with Crippen LogP contribution in [0.1, 0.15) is 84.5 Å². The second-order valence-corrected chi connectivity index (χ2v) is 13.6. The van der Waals surface area contributed by atoms with Crippen LogP contribution in [0.25, 0.3) is 33.4 Å². The Labute approximate surface area is 274 Å². The van der Waals surface area contributed by atoms with Crippen molar-refractivity contribution in [2.24, 2.45) is 0 Å². The van der Waals surface area contributed by atoms with Crippen LogP contribution in [-0.2, 0) is 0 Å². The Kier molecular flexibility index (Phi) is 8.11. The van der Waals surface area contributed by atoms with E-state index < -0.39 is 0 Å². The summed E-state index contributed by atoms with van der Waals surface area (Å²) in [5, 5.41) is 0. The topological polar surface area (TPSA) is 0 Å². The van der Waals surface area contributed by atoms with Gasteiger partial charge in [0.2, 0.25) is 0 Å². The molecule has 46 heavy (non-hydrogen) atoms. The second kappa shape index (κ2) is 13.0. The van der Waals surface area contributed by atoms with E-state index in [4.69, 9.17) is 0 Å². The van der Waals surface area contributed by atoms with Crippen molar-refractivity contribution in [3.63, 3.8) is 0 Å². The van der Waals surface area contributed by atoms with Crippen LogP contribution in [-0.4, -0.2) is 0 Å². The predicted molar refractivity (Wildman–Crippen MR) is 194 cm³/mol. The molecular weight excluding hydrogens is 553 g/mol. The van der Waals surface area contributed by atoms with Crippen LogP contribution in [0.5, 0.6) is 0 Å². The van der Waals surface area contributed by atoms with E-state index in [0.29, 0.717) is 23.7 Å². The molecule has 2 aliphatic carbocycles. The molecule has 226 valence electrons. The first-order valence-electron chi connectivity index (χ1n) is 17.3. The third-order valence-electron chi connectivity index (χ3n) is 10.9. The van der Waals surface area contributed by atoms with Gasteiger partial charge in [-0.3, -0.25) is 0 Å². The van der Waals surface area contributed by atoms with Gasteiger partial charge in [0.05, 0.1) is 0 Å². The lowest BCUT2D eigenvalue weighted by atomic mass is 9.89. The average molecular weight is 595 g/mol. The third-order valence-corrected chi connectivity index (χ3v) is 10.9. The zero-order valence-corrected chi connectivity index (χ0v) is 26.6. The monoisotopic (exact) mass is 594 g/mol. The van der Waals surface area contributed by atoms with Crippen LogP contribution in [0.2, 0.25) is 0 Å². The lowest BCUT2D eigenvalue weighted by Gasteiger charge is -2.16. The molecule has 0 aliphatic heterocycles. The highest BCUT2D eigenvalue weighted by molar-refractivity contribution is 5.66. The van der Waals surface area contributed by atoms with Gasteiger partial charge in [-0.05, 0) is 118 Å². The summed E-state index contributed by atoms with van der Waals surface area (Å²) in [6.45, 7) is 0. The molecule has 4 atom stereocenters. The fraction of sp³-hybridized carbons (Fsp3) is 0.217. The van der Waals surface area contributed by atoms with E-state index in [9.17, 15) is 0 Å². The van der Waals surface area contributed by atoms with Gasteiger partial charge in [0.1, 0.15) is 0 Å². The molecule has 0 amide bonds. The van der Waals surface area contributed by atoms with E-state index in [1.54, 1.807) is 0 Å². The van der Waals surface area contributed by atoms with Gasteiger partial charge in [-0.15, -0.1) is 0 Å². The molecule has 6 aromatic carbocycles. The first kappa shape index (κ1) is 28.8. The van der Waals surface area contributed by atoms with Gasteiger partial charge in [-0.2, -0.15) is 0 Å². The minimum absolute atomic E-state index is 0.630. The molecule has 0 saturated heterocycles. The van der Waals surface area contributed by atoms with E-state index in [1.807, 2.05) is 0 Å². The van der Waals surface area contributed by atoms with Gasteiger partial charge in [0, 0.05) is 0 Å². The summed E-state index contributed by atoms with van der Waals surface area (Å²) < 4.78 is 0. The fourth-order valence-electron chi connectivity index (χ4n) is 8.28. The summed E-state index contributed by atoms with van der Waals surface area (Å²) in [5.41, 5.74) is 13.9. The third kappa shape index (κ3) is 6.10. The molecule has 2 fully saturated rings. The molecule has 8 rings (SSSR count). The summed E-state index contributed by atoms with van der Waals surface area (Å²) >= 11 is 0. The molecule has 0 radical (unpaired) electrons. The summed E-state index contributed by atoms with van der Waals surface area (Å²) in [5.74, 6) is 2.55. The fourth-order valence-corrected chi connectivity index (χ4v) is 8.28. The summed E-state index contributed by atoms with van der Waals surface area (Å²) in [6.07, 6.45) is 7.56. The standard InChI is InChI=1S/C46H42/c1-3-9-33(10-4-1)35-17-21-37(22-18-35)43-25-27-45(31-43)41-15-7-13-39(29-41)40-14-8-16-42(30-40)46-28-26-44(32-46)38-23-19-36(20-24-38)34-11-5-2-6-12-34/h1-24,29-30,43-46H,25-28,31-32H2. The van der Waals surface area contributed by atoms with Crippen molar-refractivity contribution in [1.82, 2.24) is 0 Å². The summed E-state index contributed by atoms with van der Waals surface area (Å²) in [6, 6.07) is 59.0. The Morgan fingerprint density at radius 3 is 0.978 bits per heavy atom. The maximum absolute atomic E-state index is 2.48. The van der Waals surface area contributed by atoms with Crippen molar-refractivity contribution >= 4 is 0 Å². The van der Waals surface area contributed by atoms with E-state index >= 15 is 0 Å². The summed E-state index contributed by atoms with van der Waals surface area (Å²) in [7, 11) is 0. The van der Waals surface area contributed by atoms with Crippen molar-refractivity contribution in [3.8, 4) is 33.4 Å². The SMILES string of the molecule is c1ccc(-c2ccc(C3CCC(c4cccc(-c5cccc(C6CCC(c7ccc(-c8ccccc8)cc7)C6)c5)c4)C3)cc2)cc1. The quantitative estimate of drug-likeness (QED) is 0.172. The Bertz CT molecular complexity index is 1740. The van der Waals surface area contributed by atoms with Crippen LogP contribution < -0.4 is 0 Å². The van der Waals surface area contributed by atoms with E-state index in [2.05, 4.69) is 158 Å². The van der Waals surface area contributed by atoms with Crippen molar-refractivity contribution in [3.05, 3.63) is 180 Å². The van der Waals surface area contributed by atoms with Crippen LogP contribution in [0, 0.1) is 0 Å². The second-order valence-electron chi connectivity index (χ2n) is 13.6. The zero-order chi connectivity index (χ0) is 30.7. The summed E-state index contributed by atoms with van der Waals surface area (Å²) in [4.78, 5) is 0. The number of benzene rings is 6. The highest BCUT2D eigenvalue weighted by atomic mass is 14.3. The molecule has 2 saturated carbocycles. The molecule has 0 aromatic heterocycles. The van der Waals surface area contributed by atoms with Gasteiger partial charge in [0.15, 0.2) is 0 Å². The molecular formula is C46H42. The van der Waals surface area contributed by atoms with Crippen LogP contribution >= 0.6 is 0 Å². The molecule has 0 N–H and O–H groups in total. The zero-order valence-electron chi connectivity index (χ0n) is 26.6. The van der Waals surface area contributed by atoms with Crippen LogP contribution in [0.3, 0.4) is 0 Å². The van der Waals surface area contributed by atoms with E-state index in [1.165, 1.54) is 94.2 Å². The Balaban J connectivity index is 0.931. The smallest absolute Gasteiger partial charge is 0.0156 e. The van der Waals surface area contributed by atoms with Crippen molar-refractivity contribution in [1.29, 1.82) is 0 Å². The van der Waals surface area contributed by atoms with Crippen LogP contribution in [0.4, 0.5) is 0 Å². The maximum atomic E-state index is 2.48. The first-order chi connectivity index (χ1) is 22.8. The lowest BCUT2D eigenvalue weighted by molar-refractivity contribution is 0.685. The largest absolute Gasteiger partial charge is 0.0622 e. The normalized spacial score (nSPS) is 21.0. The molecule has 0 heterocycles. The molecule has 4 unspecified atom stereocenters. The van der Waals surface area contributed by atoms with Gasteiger partial charge in [-0.25, -0.2) is 0 Å².